The summed E-state index contributed by atoms with van der Waals surface area (Å²) >= 11 is 0. The van der Waals surface area contributed by atoms with E-state index in [2.05, 4.69) is 19.9 Å². The van der Waals surface area contributed by atoms with Crippen LogP contribution in [0.4, 0.5) is 0 Å². The van der Waals surface area contributed by atoms with Gasteiger partial charge in [0.15, 0.2) is 5.41 Å². The molecule has 0 saturated carbocycles. The lowest BCUT2D eigenvalue weighted by Crippen LogP contribution is -2.46. The second-order valence-corrected chi connectivity index (χ2v) is 6.79. The van der Waals surface area contributed by atoms with Crippen LogP contribution < -0.4 is 0 Å². The zero-order valence-corrected chi connectivity index (χ0v) is 17.2. The monoisotopic (exact) mass is 372 g/mol. The van der Waals surface area contributed by atoms with E-state index in [4.69, 9.17) is 9.47 Å². The SMILES string of the molecule is CCOC(=O)C(C/C=C(\C)CCC=C(C)C)(C(=O)OCC)c1ccccc1. The van der Waals surface area contributed by atoms with Crippen LogP contribution in [-0.4, -0.2) is 25.2 Å². The van der Waals surface area contributed by atoms with Gasteiger partial charge in [0, 0.05) is 0 Å². The maximum Gasteiger partial charge on any atom is 0.328 e. The molecule has 1 rings (SSSR count). The van der Waals surface area contributed by atoms with E-state index in [1.165, 1.54) is 5.57 Å². The summed E-state index contributed by atoms with van der Waals surface area (Å²) < 4.78 is 10.6. The molecular formula is C23H32O4. The summed E-state index contributed by atoms with van der Waals surface area (Å²) in [5.41, 5.74) is 1.52. The smallest absolute Gasteiger partial charge is 0.328 e. The Morgan fingerprint density at radius 3 is 1.96 bits per heavy atom. The van der Waals surface area contributed by atoms with E-state index in [1.807, 2.05) is 31.2 Å². The first-order valence-electron chi connectivity index (χ1n) is 9.57. The minimum absolute atomic E-state index is 0.204. The Hall–Kier alpha value is -2.36. The van der Waals surface area contributed by atoms with Gasteiger partial charge < -0.3 is 9.47 Å². The maximum atomic E-state index is 12.9. The zero-order valence-electron chi connectivity index (χ0n) is 17.2. The van der Waals surface area contributed by atoms with Crippen molar-refractivity contribution in [1.29, 1.82) is 0 Å². The second kappa shape index (κ2) is 11.4. The molecule has 0 N–H and O–H groups in total. The summed E-state index contributed by atoms with van der Waals surface area (Å²) in [6.07, 6.45) is 6.16. The van der Waals surface area contributed by atoms with Gasteiger partial charge in [0.2, 0.25) is 0 Å². The number of allylic oxidation sites excluding steroid dienone is 4. The summed E-state index contributed by atoms with van der Waals surface area (Å²) in [6.45, 7) is 10.0. The van der Waals surface area contributed by atoms with Gasteiger partial charge in [-0.05, 0) is 59.4 Å². The Balaban J connectivity index is 3.28. The van der Waals surface area contributed by atoms with Crippen molar-refractivity contribution in [3.05, 3.63) is 59.2 Å². The largest absolute Gasteiger partial charge is 0.465 e. The van der Waals surface area contributed by atoms with Crippen LogP contribution >= 0.6 is 0 Å². The van der Waals surface area contributed by atoms with Gasteiger partial charge in [-0.1, -0.05) is 53.6 Å². The van der Waals surface area contributed by atoms with Crippen LogP contribution in [0.5, 0.6) is 0 Å². The normalized spacial score (nSPS) is 11.7. The van der Waals surface area contributed by atoms with Crippen molar-refractivity contribution < 1.29 is 19.1 Å². The minimum atomic E-state index is -1.48. The fraction of sp³-hybridized carbons (Fsp3) is 0.478. The van der Waals surface area contributed by atoms with E-state index in [1.54, 1.807) is 26.0 Å². The van der Waals surface area contributed by atoms with Gasteiger partial charge in [0.05, 0.1) is 13.2 Å². The van der Waals surface area contributed by atoms with Crippen molar-refractivity contribution in [2.45, 2.75) is 59.3 Å². The molecule has 27 heavy (non-hydrogen) atoms. The molecule has 0 aliphatic rings. The van der Waals surface area contributed by atoms with Crippen LogP contribution in [0.25, 0.3) is 0 Å². The van der Waals surface area contributed by atoms with Gasteiger partial charge in [-0.15, -0.1) is 0 Å². The van der Waals surface area contributed by atoms with Gasteiger partial charge >= 0.3 is 11.9 Å². The number of ether oxygens (including phenoxy) is 2. The van der Waals surface area contributed by atoms with Crippen molar-refractivity contribution in [2.75, 3.05) is 13.2 Å². The first-order valence-corrected chi connectivity index (χ1v) is 9.57. The molecule has 0 fully saturated rings. The zero-order chi connectivity index (χ0) is 20.3. The standard InChI is InChI=1S/C23H32O4/c1-6-26-21(24)23(22(25)27-7-2,20-14-9-8-10-15-20)17-16-19(5)13-11-12-18(3)4/h8-10,12,14-16H,6-7,11,13,17H2,1-5H3/b19-16+. The van der Waals surface area contributed by atoms with Gasteiger partial charge in [-0.25, -0.2) is 0 Å². The number of carbonyl (C=O) groups is 2. The number of carbonyl (C=O) groups excluding carboxylic acids is 2. The maximum absolute atomic E-state index is 12.9. The van der Waals surface area contributed by atoms with Gasteiger partial charge in [0.25, 0.3) is 0 Å². The molecule has 0 amide bonds. The van der Waals surface area contributed by atoms with Crippen LogP contribution in [0.2, 0.25) is 0 Å². The lowest BCUT2D eigenvalue weighted by atomic mass is 9.76. The Bertz CT molecular complexity index is 649. The highest BCUT2D eigenvalue weighted by Crippen LogP contribution is 2.33. The highest BCUT2D eigenvalue weighted by atomic mass is 16.6. The summed E-state index contributed by atoms with van der Waals surface area (Å²) in [6, 6.07) is 9.04. The minimum Gasteiger partial charge on any atom is -0.465 e. The Morgan fingerprint density at radius 2 is 1.48 bits per heavy atom. The number of benzene rings is 1. The van der Waals surface area contributed by atoms with Crippen molar-refractivity contribution in [3.63, 3.8) is 0 Å². The molecule has 0 heterocycles. The van der Waals surface area contributed by atoms with E-state index in [-0.39, 0.29) is 19.6 Å². The molecule has 0 unspecified atom stereocenters. The lowest BCUT2D eigenvalue weighted by molar-refractivity contribution is -0.164. The number of rotatable bonds is 10. The van der Waals surface area contributed by atoms with Crippen molar-refractivity contribution in [3.8, 4) is 0 Å². The fourth-order valence-corrected chi connectivity index (χ4v) is 2.85. The van der Waals surface area contributed by atoms with Crippen LogP contribution in [0.1, 0.15) is 59.4 Å². The summed E-state index contributed by atoms with van der Waals surface area (Å²) in [7, 11) is 0. The molecule has 1 aromatic rings. The van der Waals surface area contributed by atoms with Crippen molar-refractivity contribution in [2.24, 2.45) is 0 Å². The quantitative estimate of drug-likeness (QED) is 0.324. The summed E-state index contributed by atoms with van der Waals surface area (Å²) in [4.78, 5) is 25.9. The predicted octanol–water partition coefficient (Wildman–Crippen LogP) is 5.13. The van der Waals surface area contributed by atoms with E-state index in [0.717, 1.165) is 18.4 Å². The summed E-state index contributed by atoms with van der Waals surface area (Å²) in [5, 5.41) is 0. The molecule has 0 aromatic heterocycles. The molecule has 148 valence electrons. The van der Waals surface area contributed by atoms with Gasteiger partial charge in [-0.2, -0.15) is 0 Å². The first-order chi connectivity index (χ1) is 12.9. The number of hydrogen-bond donors (Lipinski definition) is 0. The number of hydrogen-bond acceptors (Lipinski definition) is 4. The molecule has 0 radical (unpaired) electrons. The third-order valence-corrected chi connectivity index (χ3v) is 4.36. The molecule has 4 nitrogen and oxygen atoms in total. The average Bonchev–Trinajstić information content (AvgIpc) is 2.63. The molecule has 0 aliphatic carbocycles. The van der Waals surface area contributed by atoms with Crippen LogP contribution in [0.15, 0.2) is 53.6 Å². The van der Waals surface area contributed by atoms with E-state index < -0.39 is 17.4 Å². The Morgan fingerprint density at radius 1 is 0.926 bits per heavy atom. The first kappa shape index (κ1) is 22.7. The molecule has 4 heteroatoms. The molecule has 1 aromatic carbocycles. The third kappa shape index (κ3) is 6.38. The summed E-state index contributed by atoms with van der Waals surface area (Å²) in [5.74, 6) is -1.13. The van der Waals surface area contributed by atoms with Crippen molar-refractivity contribution in [1.82, 2.24) is 0 Å². The molecule has 0 atom stereocenters. The van der Waals surface area contributed by atoms with E-state index in [9.17, 15) is 9.59 Å². The number of esters is 2. The van der Waals surface area contributed by atoms with Crippen molar-refractivity contribution >= 4 is 11.9 Å². The Labute approximate surface area is 163 Å². The molecule has 0 bridgehead atoms. The van der Waals surface area contributed by atoms with Crippen LogP contribution in [0.3, 0.4) is 0 Å². The van der Waals surface area contributed by atoms with Crippen LogP contribution in [0, 0.1) is 0 Å². The second-order valence-electron chi connectivity index (χ2n) is 6.79. The average molecular weight is 373 g/mol. The highest BCUT2D eigenvalue weighted by molar-refractivity contribution is 6.06. The molecule has 0 aliphatic heterocycles. The topological polar surface area (TPSA) is 52.6 Å². The van der Waals surface area contributed by atoms with E-state index >= 15 is 0 Å². The fourth-order valence-electron chi connectivity index (χ4n) is 2.85. The predicted molar refractivity (Wildman–Crippen MR) is 108 cm³/mol. The van der Waals surface area contributed by atoms with Crippen LogP contribution in [-0.2, 0) is 24.5 Å². The molecule has 0 spiro atoms. The van der Waals surface area contributed by atoms with Gasteiger partial charge in [0.1, 0.15) is 0 Å². The molecule has 0 saturated heterocycles. The van der Waals surface area contributed by atoms with E-state index in [0.29, 0.717) is 5.56 Å². The third-order valence-electron chi connectivity index (χ3n) is 4.36. The lowest BCUT2D eigenvalue weighted by Gasteiger charge is -2.29. The highest BCUT2D eigenvalue weighted by Gasteiger charge is 2.49. The van der Waals surface area contributed by atoms with Gasteiger partial charge in [-0.3, -0.25) is 9.59 Å². The molecular weight excluding hydrogens is 340 g/mol. The Kier molecular flexibility index (Phi) is 9.55.